The number of aromatic hydroxyl groups is 1. The molecule has 102 valence electrons. The molecule has 21 heavy (non-hydrogen) atoms. The Balaban J connectivity index is 2.24. The summed E-state index contributed by atoms with van der Waals surface area (Å²) in [6.07, 6.45) is 5.15. The van der Waals surface area contributed by atoms with Crippen LogP contribution < -0.4 is 4.74 Å². The van der Waals surface area contributed by atoms with Crippen molar-refractivity contribution < 1.29 is 19.4 Å². The van der Waals surface area contributed by atoms with Crippen molar-refractivity contribution in [3.8, 4) is 23.8 Å². The van der Waals surface area contributed by atoms with Crippen molar-refractivity contribution in [2.75, 3.05) is 6.61 Å². The number of hydrogen-bond donors (Lipinski definition) is 1. The van der Waals surface area contributed by atoms with Crippen molar-refractivity contribution in [2.24, 2.45) is 0 Å². The molecule has 1 aliphatic rings. The van der Waals surface area contributed by atoms with Gasteiger partial charge in [0.15, 0.2) is 11.6 Å². The zero-order chi connectivity index (χ0) is 15.0. The molecule has 4 heteroatoms. The van der Waals surface area contributed by atoms with Gasteiger partial charge in [0.25, 0.3) is 0 Å². The quantitative estimate of drug-likeness (QED) is 0.730. The van der Waals surface area contributed by atoms with E-state index >= 15 is 0 Å². The molecule has 3 rings (SSSR count). The maximum absolute atomic E-state index is 12.6. The number of benzene rings is 2. The molecular weight excluding hydrogens is 268 g/mol. The second-order valence-corrected chi connectivity index (χ2v) is 4.53. The van der Waals surface area contributed by atoms with Gasteiger partial charge in [-0.2, -0.15) is 0 Å². The molecule has 0 atom stereocenters. The number of fused-ring (bicyclic) bond motifs is 2. The highest BCUT2D eigenvalue weighted by Crippen LogP contribution is 2.36. The Morgan fingerprint density at radius 2 is 1.62 bits per heavy atom. The molecular formula is C17H10O4. The summed E-state index contributed by atoms with van der Waals surface area (Å²) in [6.45, 7) is 0.00478. The van der Waals surface area contributed by atoms with E-state index in [0.29, 0.717) is 0 Å². The molecule has 0 aliphatic heterocycles. The van der Waals surface area contributed by atoms with Crippen LogP contribution >= 0.6 is 0 Å². The summed E-state index contributed by atoms with van der Waals surface area (Å²) in [5.74, 6) is 1.63. The number of phenols is 1. The van der Waals surface area contributed by atoms with Crippen LogP contribution in [0.1, 0.15) is 31.8 Å². The van der Waals surface area contributed by atoms with E-state index < -0.39 is 5.78 Å². The number of hydrogen-bond acceptors (Lipinski definition) is 4. The van der Waals surface area contributed by atoms with E-state index in [1.165, 1.54) is 24.3 Å². The summed E-state index contributed by atoms with van der Waals surface area (Å²) in [4.78, 5) is 25.1. The van der Waals surface area contributed by atoms with Gasteiger partial charge in [0.1, 0.15) is 18.1 Å². The van der Waals surface area contributed by atoms with Crippen molar-refractivity contribution >= 4 is 11.6 Å². The second-order valence-electron chi connectivity index (χ2n) is 4.53. The lowest BCUT2D eigenvalue weighted by atomic mass is 9.83. The summed E-state index contributed by atoms with van der Waals surface area (Å²) in [7, 11) is 0. The molecule has 4 nitrogen and oxygen atoms in total. The Kier molecular flexibility index (Phi) is 2.96. The molecule has 2 aromatic carbocycles. The number of carbonyl (C=O) groups excluding carboxylic acids is 2. The van der Waals surface area contributed by atoms with E-state index in [9.17, 15) is 14.7 Å². The molecule has 0 heterocycles. The Labute approximate surface area is 121 Å². The van der Waals surface area contributed by atoms with Crippen LogP contribution in [0.5, 0.6) is 11.5 Å². The normalized spacial score (nSPS) is 12.3. The summed E-state index contributed by atoms with van der Waals surface area (Å²) < 4.78 is 5.35. The predicted octanol–water partition coefficient (Wildman–Crippen LogP) is 2.18. The molecule has 0 aromatic heterocycles. The zero-order valence-electron chi connectivity index (χ0n) is 10.9. The lowest BCUT2D eigenvalue weighted by Gasteiger charge is -2.20. The first-order valence-electron chi connectivity index (χ1n) is 6.25. The fraction of sp³-hybridized carbons (Fsp3) is 0.0588. The third kappa shape index (κ3) is 1.87. The van der Waals surface area contributed by atoms with Gasteiger partial charge in [-0.1, -0.05) is 30.2 Å². The molecule has 2 aromatic rings. The van der Waals surface area contributed by atoms with Crippen LogP contribution in [0.25, 0.3) is 0 Å². The molecule has 0 amide bonds. The molecule has 0 bridgehead atoms. The summed E-state index contributed by atoms with van der Waals surface area (Å²) in [5.41, 5.74) is 0.604. The number of ether oxygens (including phenoxy) is 1. The van der Waals surface area contributed by atoms with Crippen LogP contribution in [0.4, 0.5) is 0 Å². The van der Waals surface area contributed by atoms with E-state index in [4.69, 9.17) is 11.2 Å². The van der Waals surface area contributed by atoms with Crippen molar-refractivity contribution in [2.45, 2.75) is 0 Å². The van der Waals surface area contributed by atoms with Gasteiger partial charge in [-0.25, -0.2) is 0 Å². The van der Waals surface area contributed by atoms with Crippen LogP contribution in [0.2, 0.25) is 0 Å². The first-order chi connectivity index (χ1) is 10.1. The molecule has 1 aliphatic carbocycles. The summed E-state index contributed by atoms with van der Waals surface area (Å²) in [6, 6.07) is 9.16. The van der Waals surface area contributed by atoms with Crippen LogP contribution in [0.15, 0.2) is 36.4 Å². The number of rotatable bonds is 2. The Hall–Kier alpha value is -3.06. The first-order valence-corrected chi connectivity index (χ1v) is 6.25. The van der Waals surface area contributed by atoms with Crippen molar-refractivity contribution in [1.29, 1.82) is 0 Å². The number of ketones is 2. The van der Waals surface area contributed by atoms with Gasteiger partial charge < -0.3 is 9.84 Å². The summed E-state index contributed by atoms with van der Waals surface area (Å²) in [5, 5.41) is 9.85. The molecule has 0 radical (unpaired) electrons. The number of carbonyl (C=O) groups is 2. The van der Waals surface area contributed by atoms with E-state index in [0.717, 1.165) is 0 Å². The standard InChI is InChI=1S/C17H10O4/c1-2-9-21-13-8-4-6-11-15(13)17(20)10-5-3-7-12(18)14(10)16(11)19/h1,3-8,18H,9H2. The van der Waals surface area contributed by atoms with E-state index in [1.807, 2.05) is 0 Å². The van der Waals surface area contributed by atoms with Gasteiger partial charge in [0.05, 0.1) is 11.1 Å². The van der Waals surface area contributed by atoms with Crippen LogP contribution in [-0.2, 0) is 0 Å². The Morgan fingerprint density at radius 3 is 2.33 bits per heavy atom. The van der Waals surface area contributed by atoms with Crippen LogP contribution in [0, 0.1) is 12.3 Å². The van der Waals surface area contributed by atoms with Crippen molar-refractivity contribution in [3.63, 3.8) is 0 Å². The monoisotopic (exact) mass is 278 g/mol. The van der Waals surface area contributed by atoms with Gasteiger partial charge in [-0.3, -0.25) is 9.59 Å². The zero-order valence-corrected chi connectivity index (χ0v) is 10.9. The number of phenolic OH excluding ortho intramolecular Hbond substituents is 1. The molecule has 0 fully saturated rings. The molecule has 1 N–H and O–H groups in total. The lowest BCUT2D eigenvalue weighted by Crippen LogP contribution is -2.22. The minimum absolute atomic E-state index is 0.00478. The van der Waals surface area contributed by atoms with E-state index in [-0.39, 0.29) is 46.1 Å². The van der Waals surface area contributed by atoms with Crippen molar-refractivity contribution in [1.82, 2.24) is 0 Å². The highest BCUT2D eigenvalue weighted by Gasteiger charge is 2.34. The molecule has 0 saturated heterocycles. The molecule has 0 saturated carbocycles. The minimum Gasteiger partial charge on any atom is -0.507 e. The van der Waals surface area contributed by atoms with E-state index in [2.05, 4.69) is 5.92 Å². The third-order valence-corrected chi connectivity index (χ3v) is 3.32. The smallest absolute Gasteiger partial charge is 0.198 e. The maximum atomic E-state index is 12.6. The number of terminal acetylenes is 1. The fourth-order valence-corrected chi connectivity index (χ4v) is 2.43. The van der Waals surface area contributed by atoms with Gasteiger partial charge in [0, 0.05) is 11.1 Å². The maximum Gasteiger partial charge on any atom is 0.198 e. The average Bonchev–Trinajstić information content (AvgIpc) is 2.50. The lowest BCUT2D eigenvalue weighted by molar-refractivity contribution is 0.0973. The Morgan fingerprint density at radius 1 is 1.00 bits per heavy atom. The SMILES string of the molecule is C#CCOc1cccc2c1C(=O)c1cccc(O)c1C2=O. The van der Waals surface area contributed by atoms with Gasteiger partial charge in [-0.05, 0) is 12.1 Å². The van der Waals surface area contributed by atoms with E-state index in [1.54, 1.807) is 12.1 Å². The first kappa shape index (κ1) is 12.9. The average molecular weight is 278 g/mol. The minimum atomic E-state index is -0.399. The largest absolute Gasteiger partial charge is 0.507 e. The van der Waals surface area contributed by atoms with Gasteiger partial charge in [-0.15, -0.1) is 6.42 Å². The van der Waals surface area contributed by atoms with Crippen molar-refractivity contribution in [3.05, 3.63) is 58.7 Å². The van der Waals surface area contributed by atoms with Gasteiger partial charge in [0.2, 0.25) is 0 Å². The predicted molar refractivity (Wildman–Crippen MR) is 75.7 cm³/mol. The third-order valence-electron chi connectivity index (χ3n) is 3.32. The topological polar surface area (TPSA) is 63.6 Å². The van der Waals surface area contributed by atoms with Crippen LogP contribution in [0.3, 0.4) is 0 Å². The summed E-state index contributed by atoms with van der Waals surface area (Å²) >= 11 is 0. The highest BCUT2D eigenvalue weighted by atomic mass is 16.5. The molecule has 0 spiro atoms. The fourth-order valence-electron chi connectivity index (χ4n) is 2.43. The van der Waals surface area contributed by atoms with Gasteiger partial charge >= 0.3 is 0 Å². The van der Waals surface area contributed by atoms with Crippen LogP contribution in [-0.4, -0.2) is 23.3 Å². The highest BCUT2D eigenvalue weighted by molar-refractivity contribution is 6.30. The Bertz CT molecular complexity index is 812. The molecule has 0 unspecified atom stereocenters. The second kappa shape index (κ2) is 4.80.